The maximum Gasteiger partial charge on any atom is 0.329 e. The van der Waals surface area contributed by atoms with Crippen LogP contribution in [0.5, 0.6) is 0 Å². The monoisotopic (exact) mass is 273 g/mol. The first kappa shape index (κ1) is 14.1. The molecule has 0 spiro atoms. The summed E-state index contributed by atoms with van der Waals surface area (Å²) in [6.07, 6.45) is 3.08. The Morgan fingerprint density at radius 1 is 1.15 bits per heavy atom. The van der Waals surface area contributed by atoms with Gasteiger partial charge in [-0.1, -0.05) is 30.3 Å². The average Bonchev–Trinajstić information content (AvgIpc) is 2.44. The van der Waals surface area contributed by atoms with E-state index in [4.69, 9.17) is 0 Å². The average molecular weight is 273 g/mol. The van der Waals surface area contributed by atoms with Crippen LogP contribution in [0.4, 0.5) is 5.82 Å². The lowest BCUT2D eigenvalue weighted by molar-refractivity contribution is 0.744. The second kappa shape index (κ2) is 6.75. The van der Waals surface area contributed by atoms with Crippen molar-refractivity contribution in [3.63, 3.8) is 0 Å². The summed E-state index contributed by atoms with van der Waals surface area (Å²) in [7, 11) is 1.63. The van der Waals surface area contributed by atoms with E-state index >= 15 is 0 Å². The number of unbranched alkanes of at least 4 members (excludes halogenated alkanes) is 1. The van der Waals surface area contributed by atoms with Crippen LogP contribution in [-0.2, 0) is 13.5 Å². The van der Waals surface area contributed by atoms with Gasteiger partial charge >= 0.3 is 5.69 Å². The van der Waals surface area contributed by atoms with E-state index in [9.17, 15) is 9.59 Å². The number of aromatic amines is 1. The lowest BCUT2D eigenvalue weighted by atomic mass is 10.1. The number of aromatic nitrogens is 2. The SMILES string of the molecule is Cn1c(NCCCCc2ccccc2)cc(=O)[nH]c1=O. The van der Waals surface area contributed by atoms with Crippen molar-refractivity contribution in [3.8, 4) is 0 Å². The highest BCUT2D eigenvalue weighted by Crippen LogP contribution is 2.05. The molecule has 0 saturated carbocycles. The van der Waals surface area contributed by atoms with Crippen LogP contribution < -0.4 is 16.6 Å². The largest absolute Gasteiger partial charge is 0.371 e. The van der Waals surface area contributed by atoms with Gasteiger partial charge in [0.05, 0.1) is 0 Å². The molecule has 0 saturated heterocycles. The fourth-order valence-corrected chi connectivity index (χ4v) is 2.04. The van der Waals surface area contributed by atoms with Crippen LogP contribution in [0.15, 0.2) is 46.0 Å². The van der Waals surface area contributed by atoms with Gasteiger partial charge in [0.25, 0.3) is 5.56 Å². The first-order valence-corrected chi connectivity index (χ1v) is 6.75. The molecule has 2 N–H and O–H groups in total. The van der Waals surface area contributed by atoms with Gasteiger partial charge < -0.3 is 5.32 Å². The van der Waals surface area contributed by atoms with Crippen molar-refractivity contribution in [2.75, 3.05) is 11.9 Å². The van der Waals surface area contributed by atoms with Gasteiger partial charge in [0.1, 0.15) is 5.82 Å². The van der Waals surface area contributed by atoms with Crippen molar-refractivity contribution in [1.82, 2.24) is 9.55 Å². The molecule has 2 aromatic rings. The summed E-state index contributed by atoms with van der Waals surface area (Å²) in [4.78, 5) is 24.8. The minimum Gasteiger partial charge on any atom is -0.371 e. The van der Waals surface area contributed by atoms with Crippen molar-refractivity contribution >= 4 is 5.82 Å². The number of nitrogens with one attached hydrogen (secondary N) is 2. The van der Waals surface area contributed by atoms with Gasteiger partial charge in [0.15, 0.2) is 0 Å². The number of rotatable bonds is 6. The molecule has 5 heteroatoms. The van der Waals surface area contributed by atoms with Gasteiger partial charge in [-0.25, -0.2) is 4.79 Å². The fraction of sp³-hybridized carbons (Fsp3) is 0.333. The summed E-state index contributed by atoms with van der Waals surface area (Å²) in [5.74, 6) is 0.554. The van der Waals surface area contributed by atoms with Crippen LogP contribution >= 0.6 is 0 Å². The predicted molar refractivity (Wildman–Crippen MR) is 80.2 cm³/mol. The molecule has 0 fully saturated rings. The lowest BCUT2D eigenvalue weighted by Gasteiger charge is -2.09. The van der Waals surface area contributed by atoms with E-state index in [-0.39, 0.29) is 5.56 Å². The molecular formula is C15H19N3O2. The lowest BCUT2D eigenvalue weighted by Crippen LogP contribution is -2.29. The van der Waals surface area contributed by atoms with Crippen molar-refractivity contribution < 1.29 is 0 Å². The summed E-state index contributed by atoms with van der Waals surface area (Å²) in [5.41, 5.74) is 0.556. The quantitative estimate of drug-likeness (QED) is 0.784. The number of nitrogens with zero attached hydrogens (tertiary/aromatic N) is 1. The first-order chi connectivity index (χ1) is 9.66. The molecule has 0 aliphatic rings. The normalized spacial score (nSPS) is 10.4. The highest BCUT2D eigenvalue weighted by atomic mass is 16.2. The Morgan fingerprint density at radius 2 is 1.90 bits per heavy atom. The van der Waals surface area contributed by atoms with Crippen LogP contribution in [0, 0.1) is 0 Å². The van der Waals surface area contributed by atoms with Gasteiger partial charge in [-0.15, -0.1) is 0 Å². The minimum atomic E-state index is -0.399. The van der Waals surface area contributed by atoms with Gasteiger partial charge in [-0.05, 0) is 24.8 Å². The molecule has 0 amide bonds. The molecule has 2 rings (SSSR count). The standard InChI is InChI=1S/C15H19N3O2/c1-18-13(11-14(19)17-15(18)20)16-10-6-5-9-12-7-3-2-4-8-12/h2-4,7-8,11,16H,5-6,9-10H2,1H3,(H,17,19,20). The Bertz CT molecular complexity index is 659. The van der Waals surface area contributed by atoms with E-state index in [1.165, 1.54) is 16.2 Å². The van der Waals surface area contributed by atoms with Crippen molar-refractivity contribution in [2.24, 2.45) is 7.05 Å². The fourth-order valence-electron chi connectivity index (χ4n) is 2.04. The van der Waals surface area contributed by atoms with Crippen molar-refractivity contribution in [2.45, 2.75) is 19.3 Å². The zero-order valence-corrected chi connectivity index (χ0v) is 11.6. The molecule has 0 aliphatic heterocycles. The van der Waals surface area contributed by atoms with Crippen LogP contribution in [0.3, 0.4) is 0 Å². The molecule has 0 unspecified atom stereocenters. The maximum atomic E-state index is 11.4. The molecule has 0 atom stereocenters. The van der Waals surface area contributed by atoms with Crippen LogP contribution in [-0.4, -0.2) is 16.1 Å². The topological polar surface area (TPSA) is 66.9 Å². The molecule has 0 aliphatic carbocycles. The van der Waals surface area contributed by atoms with Crippen molar-refractivity contribution in [3.05, 3.63) is 62.8 Å². The second-order valence-corrected chi connectivity index (χ2v) is 4.75. The Balaban J connectivity index is 1.79. The summed E-state index contributed by atoms with van der Waals surface area (Å²) < 4.78 is 1.40. The second-order valence-electron chi connectivity index (χ2n) is 4.75. The van der Waals surface area contributed by atoms with Crippen LogP contribution in [0.1, 0.15) is 18.4 Å². The Kier molecular flexibility index (Phi) is 4.76. The first-order valence-electron chi connectivity index (χ1n) is 6.75. The smallest absolute Gasteiger partial charge is 0.329 e. The van der Waals surface area contributed by atoms with Gasteiger partial charge in [0.2, 0.25) is 0 Å². The zero-order chi connectivity index (χ0) is 14.4. The number of anilines is 1. The zero-order valence-electron chi connectivity index (χ0n) is 11.6. The van der Waals surface area contributed by atoms with E-state index in [1.54, 1.807) is 7.05 Å². The molecule has 106 valence electrons. The van der Waals surface area contributed by atoms with Gasteiger partial charge in [-0.3, -0.25) is 14.3 Å². The Morgan fingerprint density at radius 3 is 2.65 bits per heavy atom. The third-order valence-corrected chi connectivity index (χ3v) is 3.21. The number of H-pyrrole nitrogens is 1. The molecule has 5 nitrogen and oxygen atoms in total. The predicted octanol–water partition coefficient (Wildman–Crippen LogP) is 1.51. The summed E-state index contributed by atoms with van der Waals surface area (Å²) in [6, 6.07) is 11.7. The molecule has 0 radical (unpaired) electrons. The number of hydrogen-bond acceptors (Lipinski definition) is 3. The molecule has 0 bridgehead atoms. The number of benzene rings is 1. The summed E-state index contributed by atoms with van der Waals surface area (Å²) in [6.45, 7) is 0.740. The summed E-state index contributed by atoms with van der Waals surface area (Å²) in [5, 5.41) is 3.12. The Hall–Kier alpha value is -2.30. The highest BCUT2D eigenvalue weighted by molar-refractivity contribution is 5.33. The summed E-state index contributed by atoms with van der Waals surface area (Å²) >= 11 is 0. The third-order valence-electron chi connectivity index (χ3n) is 3.21. The minimum absolute atomic E-state index is 0.375. The highest BCUT2D eigenvalue weighted by Gasteiger charge is 2.01. The van der Waals surface area contributed by atoms with E-state index < -0.39 is 5.69 Å². The molecule has 1 aromatic carbocycles. The number of hydrogen-bond donors (Lipinski definition) is 2. The van der Waals surface area contributed by atoms with E-state index in [0.29, 0.717) is 5.82 Å². The van der Waals surface area contributed by atoms with Crippen molar-refractivity contribution in [1.29, 1.82) is 0 Å². The van der Waals surface area contributed by atoms with Gasteiger partial charge in [-0.2, -0.15) is 0 Å². The number of aryl methyl sites for hydroxylation is 1. The molecule has 20 heavy (non-hydrogen) atoms. The van der Waals surface area contributed by atoms with E-state index in [2.05, 4.69) is 22.4 Å². The van der Waals surface area contributed by atoms with E-state index in [1.807, 2.05) is 18.2 Å². The molecular weight excluding hydrogens is 254 g/mol. The Labute approximate surface area is 117 Å². The third kappa shape index (κ3) is 3.85. The maximum absolute atomic E-state index is 11.4. The van der Waals surface area contributed by atoms with Crippen LogP contribution in [0.25, 0.3) is 0 Å². The molecule has 1 aromatic heterocycles. The van der Waals surface area contributed by atoms with Crippen LogP contribution in [0.2, 0.25) is 0 Å². The van der Waals surface area contributed by atoms with E-state index in [0.717, 1.165) is 25.8 Å². The van der Waals surface area contributed by atoms with Gasteiger partial charge in [0, 0.05) is 19.7 Å². The molecule has 1 heterocycles.